The van der Waals surface area contributed by atoms with Crippen LogP contribution in [0.1, 0.15) is 42.1 Å². The van der Waals surface area contributed by atoms with Gasteiger partial charge >= 0.3 is 5.97 Å². The fourth-order valence-corrected chi connectivity index (χ4v) is 5.13. The van der Waals surface area contributed by atoms with Crippen molar-refractivity contribution < 1.29 is 27.1 Å². The van der Waals surface area contributed by atoms with E-state index in [0.29, 0.717) is 12.1 Å². The van der Waals surface area contributed by atoms with Gasteiger partial charge in [0.1, 0.15) is 6.61 Å². The molecule has 1 saturated heterocycles. The molecule has 0 bridgehead atoms. The van der Waals surface area contributed by atoms with Gasteiger partial charge in [0, 0.05) is 12.6 Å². The number of rotatable bonds is 6. The molecule has 29 heavy (non-hydrogen) atoms. The molecule has 0 radical (unpaired) electrons. The number of carbonyl (C=O) groups is 1. The predicted molar refractivity (Wildman–Crippen MR) is 106 cm³/mol. The van der Waals surface area contributed by atoms with E-state index in [2.05, 4.69) is 0 Å². The standard InChI is InChI=1S/C21H24FNO5S/c1-15-6-3-4-11-23(15)29(25,26)18-8-5-7-17(13-18)21(24)28-14-16-9-10-20(27-2)19(22)12-16/h5,7-10,12-13,15H,3-4,6,11,14H2,1-2H3/t15-/m1/s1. The average Bonchev–Trinajstić information content (AvgIpc) is 2.72. The normalized spacial score (nSPS) is 17.7. The molecule has 1 fully saturated rings. The number of sulfonamides is 1. The summed E-state index contributed by atoms with van der Waals surface area (Å²) in [5.74, 6) is -1.13. The van der Waals surface area contributed by atoms with Gasteiger partial charge in [-0.05, 0) is 55.7 Å². The first-order chi connectivity index (χ1) is 13.8. The highest BCUT2D eigenvalue weighted by molar-refractivity contribution is 7.89. The van der Waals surface area contributed by atoms with Gasteiger partial charge in [0.15, 0.2) is 11.6 Å². The highest BCUT2D eigenvalue weighted by atomic mass is 32.2. The molecule has 0 N–H and O–H groups in total. The third-order valence-corrected chi connectivity index (χ3v) is 7.01. The molecule has 8 heteroatoms. The lowest BCUT2D eigenvalue weighted by Gasteiger charge is -2.32. The summed E-state index contributed by atoms with van der Waals surface area (Å²) in [5.41, 5.74) is 0.590. The molecule has 0 aromatic heterocycles. The number of piperidine rings is 1. The zero-order valence-electron chi connectivity index (χ0n) is 16.4. The number of ether oxygens (including phenoxy) is 2. The van der Waals surface area contributed by atoms with Gasteiger partial charge in [0.25, 0.3) is 0 Å². The molecule has 2 aromatic carbocycles. The monoisotopic (exact) mass is 421 g/mol. The van der Waals surface area contributed by atoms with Gasteiger partial charge in [-0.3, -0.25) is 0 Å². The first kappa shape index (κ1) is 21.3. The summed E-state index contributed by atoms with van der Waals surface area (Å²) in [6, 6.07) is 10.0. The van der Waals surface area contributed by atoms with Crippen LogP contribution in [0.2, 0.25) is 0 Å². The Balaban J connectivity index is 1.73. The Bertz CT molecular complexity index is 992. The summed E-state index contributed by atoms with van der Waals surface area (Å²) in [6.45, 7) is 2.23. The molecule has 0 unspecified atom stereocenters. The van der Waals surface area contributed by atoms with Crippen LogP contribution in [0, 0.1) is 5.82 Å². The molecule has 2 aromatic rings. The third-order valence-electron chi connectivity index (χ3n) is 5.00. The van der Waals surface area contributed by atoms with Crippen LogP contribution in [-0.4, -0.2) is 38.4 Å². The summed E-state index contributed by atoms with van der Waals surface area (Å²) in [4.78, 5) is 12.5. The summed E-state index contributed by atoms with van der Waals surface area (Å²) in [6.07, 6.45) is 2.65. The second kappa shape index (κ2) is 8.92. The number of benzene rings is 2. The molecule has 156 valence electrons. The van der Waals surface area contributed by atoms with Crippen molar-refractivity contribution in [2.45, 2.75) is 43.7 Å². The van der Waals surface area contributed by atoms with E-state index in [1.54, 1.807) is 6.07 Å². The van der Waals surface area contributed by atoms with Crippen LogP contribution >= 0.6 is 0 Å². The lowest BCUT2D eigenvalue weighted by Crippen LogP contribution is -2.41. The smallest absolute Gasteiger partial charge is 0.338 e. The van der Waals surface area contributed by atoms with Crippen LogP contribution in [0.4, 0.5) is 4.39 Å². The van der Waals surface area contributed by atoms with E-state index in [1.807, 2.05) is 6.92 Å². The zero-order chi connectivity index (χ0) is 21.0. The number of carbonyl (C=O) groups excluding carboxylic acids is 1. The van der Waals surface area contributed by atoms with Crippen LogP contribution in [-0.2, 0) is 21.4 Å². The second-order valence-corrected chi connectivity index (χ2v) is 8.92. The van der Waals surface area contributed by atoms with Crippen LogP contribution in [0.5, 0.6) is 5.75 Å². The highest BCUT2D eigenvalue weighted by Gasteiger charge is 2.31. The van der Waals surface area contributed by atoms with Crippen molar-refractivity contribution >= 4 is 16.0 Å². The van der Waals surface area contributed by atoms with Crippen molar-refractivity contribution in [2.24, 2.45) is 0 Å². The summed E-state index contributed by atoms with van der Waals surface area (Å²) >= 11 is 0. The summed E-state index contributed by atoms with van der Waals surface area (Å²) in [7, 11) is -2.32. The van der Waals surface area contributed by atoms with E-state index in [-0.39, 0.29) is 28.9 Å². The van der Waals surface area contributed by atoms with Gasteiger partial charge in [-0.15, -0.1) is 0 Å². The first-order valence-electron chi connectivity index (χ1n) is 9.44. The molecule has 1 atom stereocenters. The van der Waals surface area contributed by atoms with Crippen molar-refractivity contribution in [2.75, 3.05) is 13.7 Å². The topological polar surface area (TPSA) is 72.9 Å². The third kappa shape index (κ3) is 4.76. The van der Waals surface area contributed by atoms with E-state index in [0.717, 1.165) is 19.3 Å². The Morgan fingerprint density at radius 1 is 1.21 bits per heavy atom. The van der Waals surface area contributed by atoms with Crippen LogP contribution in [0.15, 0.2) is 47.4 Å². The Labute approximate surface area is 170 Å². The van der Waals surface area contributed by atoms with E-state index in [4.69, 9.17) is 9.47 Å². The van der Waals surface area contributed by atoms with Gasteiger partial charge in [0.2, 0.25) is 10.0 Å². The lowest BCUT2D eigenvalue weighted by molar-refractivity contribution is 0.0472. The number of esters is 1. The SMILES string of the molecule is COc1ccc(COC(=O)c2cccc(S(=O)(=O)N3CCCC[C@H]3C)c2)cc1F. The number of hydrogen-bond donors (Lipinski definition) is 0. The minimum atomic E-state index is -3.69. The maximum atomic E-state index is 13.8. The van der Waals surface area contributed by atoms with Crippen LogP contribution < -0.4 is 4.74 Å². The predicted octanol–water partition coefficient (Wildman–Crippen LogP) is 3.75. The highest BCUT2D eigenvalue weighted by Crippen LogP contribution is 2.26. The van der Waals surface area contributed by atoms with Gasteiger partial charge in [-0.1, -0.05) is 18.6 Å². The van der Waals surface area contributed by atoms with Crippen molar-refractivity contribution in [3.8, 4) is 5.75 Å². The van der Waals surface area contributed by atoms with Crippen molar-refractivity contribution in [1.29, 1.82) is 0 Å². The molecule has 1 aliphatic rings. The molecular formula is C21H24FNO5S. The molecule has 3 rings (SSSR count). The molecule has 0 spiro atoms. The zero-order valence-corrected chi connectivity index (χ0v) is 17.2. The van der Waals surface area contributed by atoms with E-state index in [9.17, 15) is 17.6 Å². The van der Waals surface area contributed by atoms with E-state index in [1.165, 1.54) is 47.8 Å². The fraction of sp³-hybridized carbons (Fsp3) is 0.381. The minimum Gasteiger partial charge on any atom is -0.494 e. The first-order valence-corrected chi connectivity index (χ1v) is 10.9. The van der Waals surface area contributed by atoms with Crippen LogP contribution in [0.3, 0.4) is 0 Å². The fourth-order valence-electron chi connectivity index (χ4n) is 3.38. The van der Waals surface area contributed by atoms with Gasteiger partial charge in [-0.2, -0.15) is 4.31 Å². The van der Waals surface area contributed by atoms with Gasteiger partial charge in [-0.25, -0.2) is 17.6 Å². The second-order valence-electron chi connectivity index (χ2n) is 7.03. The number of methoxy groups -OCH3 is 1. The Morgan fingerprint density at radius 2 is 2.00 bits per heavy atom. The lowest BCUT2D eigenvalue weighted by atomic mass is 10.1. The van der Waals surface area contributed by atoms with Crippen LogP contribution in [0.25, 0.3) is 0 Å². The Morgan fingerprint density at radius 3 is 2.69 bits per heavy atom. The Kier molecular flexibility index (Phi) is 6.54. The molecule has 0 amide bonds. The number of hydrogen-bond acceptors (Lipinski definition) is 5. The van der Waals surface area contributed by atoms with Crippen molar-refractivity contribution in [3.63, 3.8) is 0 Å². The number of nitrogens with zero attached hydrogens (tertiary/aromatic N) is 1. The maximum absolute atomic E-state index is 13.8. The average molecular weight is 421 g/mol. The van der Waals surface area contributed by atoms with Gasteiger partial charge in [0.05, 0.1) is 17.6 Å². The molecule has 6 nitrogen and oxygen atoms in total. The Hall–Kier alpha value is -2.45. The largest absolute Gasteiger partial charge is 0.494 e. The quantitative estimate of drug-likeness (QED) is 0.664. The molecule has 1 heterocycles. The maximum Gasteiger partial charge on any atom is 0.338 e. The van der Waals surface area contributed by atoms with E-state index < -0.39 is 21.8 Å². The van der Waals surface area contributed by atoms with Crippen molar-refractivity contribution in [1.82, 2.24) is 4.31 Å². The summed E-state index contributed by atoms with van der Waals surface area (Å²) in [5, 5.41) is 0. The molecular weight excluding hydrogens is 397 g/mol. The van der Waals surface area contributed by atoms with Gasteiger partial charge < -0.3 is 9.47 Å². The van der Waals surface area contributed by atoms with Crippen molar-refractivity contribution in [3.05, 3.63) is 59.4 Å². The number of halogens is 1. The molecule has 1 aliphatic heterocycles. The molecule has 0 aliphatic carbocycles. The van der Waals surface area contributed by atoms with E-state index >= 15 is 0 Å². The minimum absolute atomic E-state index is 0.0659. The summed E-state index contributed by atoms with van der Waals surface area (Å²) < 4.78 is 51.3. The molecule has 0 saturated carbocycles.